The van der Waals surface area contributed by atoms with Crippen molar-refractivity contribution in [3.8, 4) is 0 Å². The van der Waals surface area contributed by atoms with E-state index in [9.17, 15) is 13.2 Å². The van der Waals surface area contributed by atoms with Crippen LogP contribution in [0, 0.1) is 17.5 Å². The lowest BCUT2D eigenvalue weighted by atomic mass is 10.1. The molecule has 1 fully saturated rings. The molecule has 2 atom stereocenters. The van der Waals surface area contributed by atoms with Gasteiger partial charge >= 0.3 is 0 Å². The van der Waals surface area contributed by atoms with Crippen molar-refractivity contribution >= 4 is 0 Å². The van der Waals surface area contributed by atoms with E-state index < -0.39 is 17.9 Å². The molecule has 1 heterocycles. The maximum atomic E-state index is 13.2. The molecule has 0 aromatic heterocycles. The van der Waals surface area contributed by atoms with E-state index in [4.69, 9.17) is 9.47 Å². The maximum absolute atomic E-state index is 13.2. The van der Waals surface area contributed by atoms with Crippen LogP contribution in [0.4, 0.5) is 13.2 Å². The predicted molar refractivity (Wildman–Crippen MR) is 82.9 cm³/mol. The first-order valence-electron chi connectivity index (χ1n) is 7.79. The standard InChI is InChI=1S/C18H18F3NO2/c19-14-3-1-13(2-4-14)17-18(24-8-6-22-17)23-7-5-12-9-15(20)11-16(21)10-12/h1-4,9-11,17-18,22H,5-8H2/t17-,18+/m0/s1. The van der Waals surface area contributed by atoms with Crippen molar-refractivity contribution in [2.24, 2.45) is 0 Å². The van der Waals surface area contributed by atoms with Crippen LogP contribution in [0.2, 0.25) is 0 Å². The molecule has 1 aliphatic rings. The minimum absolute atomic E-state index is 0.219. The second kappa shape index (κ2) is 7.79. The molecule has 0 bridgehead atoms. The van der Waals surface area contributed by atoms with Crippen LogP contribution >= 0.6 is 0 Å². The molecule has 2 aromatic rings. The van der Waals surface area contributed by atoms with Gasteiger partial charge in [0.15, 0.2) is 6.29 Å². The SMILES string of the molecule is Fc1ccc([C@@H]2NCCO[C@H]2OCCc2cc(F)cc(F)c2)cc1. The second-order valence-electron chi connectivity index (χ2n) is 5.62. The number of morpholine rings is 1. The lowest BCUT2D eigenvalue weighted by Gasteiger charge is -2.33. The fraction of sp³-hybridized carbons (Fsp3) is 0.333. The van der Waals surface area contributed by atoms with E-state index in [1.165, 1.54) is 24.3 Å². The summed E-state index contributed by atoms with van der Waals surface area (Å²) in [4.78, 5) is 0. The van der Waals surface area contributed by atoms with Crippen molar-refractivity contribution in [1.82, 2.24) is 5.32 Å². The van der Waals surface area contributed by atoms with Crippen LogP contribution in [0.25, 0.3) is 0 Å². The highest BCUT2D eigenvalue weighted by Gasteiger charge is 2.27. The van der Waals surface area contributed by atoms with Gasteiger partial charge in [-0.2, -0.15) is 0 Å². The Bertz CT molecular complexity index is 658. The largest absolute Gasteiger partial charge is 0.350 e. The Hall–Kier alpha value is -1.89. The first kappa shape index (κ1) is 17.0. The molecule has 3 nitrogen and oxygen atoms in total. The van der Waals surface area contributed by atoms with E-state index in [0.29, 0.717) is 25.1 Å². The van der Waals surface area contributed by atoms with Crippen molar-refractivity contribution in [3.05, 3.63) is 71.0 Å². The van der Waals surface area contributed by atoms with E-state index in [-0.39, 0.29) is 18.5 Å². The first-order chi connectivity index (χ1) is 11.6. The summed E-state index contributed by atoms with van der Waals surface area (Å²) in [6.45, 7) is 1.42. The van der Waals surface area contributed by atoms with Gasteiger partial charge in [-0.05, 0) is 41.8 Å². The third-order valence-electron chi connectivity index (χ3n) is 3.84. The summed E-state index contributed by atoms with van der Waals surface area (Å²) in [7, 11) is 0. The van der Waals surface area contributed by atoms with Crippen LogP contribution in [-0.4, -0.2) is 26.0 Å². The van der Waals surface area contributed by atoms with Gasteiger partial charge in [0.2, 0.25) is 0 Å². The molecule has 1 aliphatic heterocycles. The van der Waals surface area contributed by atoms with Crippen molar-refractivity contribution in [3.63, 3.8) is 0 Å². The van der Waals surface area contributed by atoms with Gasteiger partial charge in [-0.25, -0.2) is 13.2 Å². The van der Waals surface area contributed by atoms with E-state index in [1.54, 1.807) is 12.1 Å². The Morgan fingerprint density at radius 2 is 1.71 bits per heavy atom. The van der Waals surface area contributed by atoms with Crippen LogP contribution in [0.1, 0.15) is 17.2 Å². The summed E-state index contributed by atoms with van der Waals surface area (Å²) in [5.74, 6) is -1.52. The highest BCUT2D eigenvalue weighted by Crippen LogP contribution is 2.23. The average Bonchev–Trinajstić information content (AvgIpc) is 2.55. The van der Waals surface area contributed by atoms with Gasteiger partial charge < -0.3 is 14.8 Å². The van der Waals surface area contributed by atoms with Gasteiger partial charge in [-0.1, -0.05) is 12.1 Å². The topological polar surface area (TPSA) is 30.5 Å². The maximum Gasteiger partial charge on any atom is 0.176 e. The molecular weight excluding hydrogens is 319 g/mol. The van der Waals surface area contributed by atoms with Crippen LogP contribution in [0.15, 0.2) is 42.5 Å². The summed E-state index contributed by atoms with van der Waals surface area (Å²) in [6.07, 6.45) is -0.173. The van der Waals surface area contributed by atoms with Crippen LogP contribution in [-0.2, 0) is 15.9 Å². The number of ether oxygens (including phenoxy) is 2. The smallest absolute Gasteiger partial charge is 0.176 e. The third kappa shape index (κ3) is 4.35. The monoisotopic (exact) mass is 337 g/mol. The van der Waals surface area contributed by atoms with Crippen LogP contribution < -0.4 is 5.32 Å². The Labute approximate surface area is 138 Å². The lowest BCUT2D eigenvalue weighted by Crippen LogP contribution is -2.43. The van der Waals surface area contributed by atoms with Crippen molar-refractivity contribution < 1.29 is 22.6 Å². The van der Waals surface area contributed by atoms with E-state index in [0.717, 1.165) is 11.6 Å². The summed E-state index contributed by atoms with van der Waals surface area (Å²) in [5.41, 5.74) is 1.38. The van der Waals surface area contributed by atoms with Gasteiger partial charge in [-0.15, -0.1) is 0 Å². The molecule has 1 N–H and O–H groups in total. The number of benzene rings is 2. The molecule has 128 valence electrons. The third-order valence-corrected chi connectivity index (χ3v) is 3.84. The number of halogens is 3. The lowest BCUT2D eigenvalue weighted by molar-refractivity contribution is -0.176. The molecule has 0 aliphatic carbocycles. The van der Waals surface area contributed by atoms with Gasteiger partial charge in [0.05, 0.1) is 19.3 Å². The molecule has 2 aromatic carbocycles. The zero-order valence-electron chi connectivity index (χ0n) is 13.0. The minimum atomic E-state index is -0.607. The minimum Gasteiger partial charge on any atom is -0.350 e. The Morgan fingerprint density at radius 1 is 1.00 bits per heavy atom. The van der Waals surface area contributed by atoms with E-state index >= 15 is 0 Å². The summed E-state index contributed by atoms with van der Waals surface area (Å²) < 4.78 is 50.8. The van der Waals surface area contributed by atoms with Crippen molar-refractivity contribution in [2.75, 3.05) is 19.8 Å². The normalized spacial score (nSPS) is 21.0. The molecule has 1 saturated heterocycles. The van der Waals surface area contributed by atoms with Crippen LogP contribution in [0.3, 0.4) is 0 Å². The van der Waals surface area contributed by atoms with E-state index in [2.05, 4.69) is 5.32 Å². The number of nitrogens with one attached hydrogen (secondary N) is 1. The Kier molecular flexibility index (Phi) is 5.50. The Balaban J connectivity index is 1.60. The quantitative estimate of drug-likeness (QED) is 0.908. The fourth-order valence-electron chi connectivity index (χ4n) is 2.72. The molecule has 3 rings (SSSR count). The van der Waals surface area contributed by atoms with Crippen LogP contribution in [0.5, 0.6) is 0 Å². The van der Waals surface area contributed by atoms with Gasteiger partial charge in [0.25, 0.3) is 0 Å². The molecule has 0 unspecified atom stereocenters. The molecule has 24 heavy (non-hydrogen) atoms. The predicted octanol–water partition coefficient (Wildman–Crippen LogP) is 3.35. The molecule has 0 spiro atoms. The highest BCUT2D eigenvalue weighted by atomic mass is 19.1. The number of hydrogen-bond donors (Lipinski definition) is 1. The average molecular weight is 337 g/mol. The van der Waals surface area contributed by atoms with Gasteiger partial charge in [0.1, 0.15) is 17.5 Å². The highest BCUT2D eigenvalue weighted by molar-refractivity contribution is 5.21. The zero-order valence-corrected chi connectivity index (χ0v) is 13.0. The summed E-state index contributed by atoms with van der Waals surface area (Å²) in [5, 5.41) is 3.28. The molecule has 0 saturated carbocycles. The molecular formula is C18H18F3NO2. The zero-order chi connectivity index (χ0) is 16.9. The summed E-state index contributed by atoms with van der Waals surface area (Å²) in [6, 6.07) is 9.32. The van der Waals surface area contributed by atoms with Gasteiger partial charge in [-0.3, -0.25) is 0 Å². The van der Waals surface area contributed by atoms with Crippen molar-refractivity contribution in [2.45, 2.75) is 18.8 Å². The Morgan fingerprint density at radius 3 is 2.42 bits per heavy atom. The van der Waals surface area contributed by atoms with E-state index in [1.807, 2.05) is 0 Å². The van der Waals surface area contributed by atoms with Crippen molar-refractivity contribution in [1.29, 1.82) is 0 Å². The molecule has 6 heteroatoms. The fourth-order valence-corrected chi connectivity index (χ4v) is 2.72. The first-order valence-corrected chi connectivity index (χ1v) is 7.79. The molecule has 0 radical (unpaired) electrons. The van der Waals surface area contributed by atoms with Gasteiger partial charge in [0, 0.05) is 12.6 Å². The molecule has 0 amide bonds. The summed E-state index contributed by atoms with van der Waals surface area (Å²) >= 11 is 0. The number of rotatable bonds is 5. The number of hydrogen-bond acceptors (Lipinski definition) is 3. The second-order valence-corrected chi connectivity index (χ2v) is 5.62.